The van der Waals surface area contributed by atoms with Crippen molar-refractivity contribution in [2.45, 2.75) is 18.4 Å². The van der Waals surface area contributed by atoms with Gasteiger partial charge >= 0.3 is 5.97 Å². The lowest BCUT2D eigenvalue weighted by Gasteiger charge is -1.98. The molecule has 0 saturated carbocycles. The van der Waals surface area contributed by atoms with Crippen LogP contribution in [0.15, 0.2) is 23.4 Å². The van der Waals surface area contributed by atoms with Gasteiger partial charge in [-0.05, 0) is 19.1 Å². The molecule has 0 aromatic carbocycles. The number of rotatable bonds is 4. The number of aromatic carboxylic acids is 1. The number of hydrogen-bond donors (Lipinski definition) is 1. The van der Waals surface area contributed by atoms with Crippen LogP contribution in [-0.2, 0) is 0 Å². The summed E-state index contributed by atoms with van der Waals surface area (Å²) in [4.78, 5) is 14.6. The minimum atomic E-state index is -0.948. The zero-order valence-corrected chi connectivity index (χ0v) is 9.17. The molecule has 0 fully saturated rings. The molecule has 0 aliphatic rings. The Labute approximate surface area is 92.9 Å². The van der Waals surface area contributed by atoms with Crippen LogP contribution in [0, 0.1) is 11.8 Å². The van der Waals surface area contributed by atoms with Gasteiger partial charge in [0, 0.05) is 18.4 Å². The van der Waals surface area contributed by atoms with Crippen LogP contribution < -0.4 is 0 Å². The fraction of sp³-hybridized carbons (Fsp3) is 0.273. The van der Waals surface area contributed by atoms with Crippen LogP contribution in [0.3, 0.4) is 0 Å². The number of carboxylic acid groups (broad SMARTS) is 1. The van der Waals surface area contributed by atoms with E-state index in [9.17, 15) is 4.79 Å². The van der Waals surface area contributed by atoms with Gasteiger partial charge in [0.25, 0.3) is 0 Å². The monoisotopic (exact) mass is 221 g/mol. The maximum atomic E-state index is 10.5. The van der Waals surface area contributed by atoms with Crippen molar-refractivity contribution >= 4 is 17.7 Å². The average Bonchev–Trinajstić information content (AvgIpc) is 2.25. The van der Waals surface area contributed by atoms with Gasteiger partial charge in [-0.25, -0.2) is 9.78 Å². The molecular weight excluding hydrogens is 210 g/mol. The molecule has 1 aromatic heterocycles. The van der Waals surface area contributed by atoms with Crippen LogP contribution in [0.5, 0.6) is 0 Å². The Hall–Kier alpha value is -1.47. The van der Waals surface area contributed by atoms with Gasteiger partial charge in [0.2, 0.25) is 0 Å². The van der Waals surface area contributed by atoms with Crippen molar-refractivity contribution in [3.63, 3.8) is 0 Å². The average molecular weight is 221 g/mol. The molecule has 0 atom stereocenters. The smallest absolute Gasteiger partial charge is 0.337 e. The third-order valence-corrected chi connectivity index (χ3v) is 2.58. The van der Waals surface area contributed by atoms with Crippen molar-refractivity contribution < 1.29 is 9.90 Å². The SMILES string of the molecule is CC#CCCSc1ccc(C(=O)O)cn1. The predicted molar refractivity (Wildman–Crippen MR) is 60.0 cm³/mol. The summed E-state index contributed by atoms with van der Waals surface area (Å²) in [6.07, 6.45) is 2.19. The first-order valence-corrected chi connectivity index (χ1v) is 5.44. The van der Waals surface area contributed by atoms with E-state index < -0.39 is 5.97 Å². The van der Waals surface area contributed by atoms with Crippen LogP contribution in [-0.4, -0.2) is 21.8 Å². The minimum absolute atomic E-state index is 0.215. The third-order valence-electron chi connectivity index (χ3n) is 1.64. The fourth-order valence-corrected chi connectivity index (χ4v) is 1.63. The molecule has 0 unspecified atom stereocenters. The number of carbonyl (C=O) groups is 1. The fourth-order valence-electron chi connectivity index (χ4n) is 0.924. The van der Waals surface area contributed by atoms with Gasteiger partial charge < -0.3 is 5.11 Å². The Morgan fingerprint density at radius 1 is 1.60 bits per heavy atom. The van der Waals surface area contributed by atoms with Crippen molar-refractivity contribution in [3.8, 4) is 11.8 Å². The number of carboxylic acids is 1. The summed E-state index contributed by atoms with van der Waals surface area (Å²) < 4.78 is 0. The first-order valence-electron chi connectivity index (χ1n) is 4.46. The van der Waals surface area contributed by atoms with Crippen LogP contribution in [0.4, 0.5) is 0 Å². The Bertz CT molecular complexity index is 389. The van der Waals surface area contributed by atoms with Crippen LogP contribution in [0.1, 0.15) is 23.7 Å². The predicted octanol–water partition coefficient (Wildman–Crippen LogP) is 2.29. The van der Waals surface area contributed by atoms with Gasteiger partial charge in [-0.3, -0.25) is 0 Å². The Morgan fingerprint density at radius 2 is 2.40 bits per heavy atom. The summed E-state index contributed by atoms with van der Waals surface area (Å²) >= 11 is 1.57. The van der Waals surface area contributed by atoms with Gasteiger partial charge in [-0.1, -0.05) is 0 Å². The van der Waals surface area contributed by atoms with Crippen molar-refractivity contribution in [3.05, 3.63) is 23.9 Å². The maximum absolute atomic E-state index is 10.5. The first-order chi connectivity index (χ1) is 7.24. The molecule has 1 rings (SSSR count). The van der Waals surface area contributed by atoms with Crippen molar-refractivity contribution in [1.82, 2.24) is 4.98 Å². The Kier molecular flexibility index (Phi) is 4.72. The van der Waals surface area contributed by atoms with Crippen molar-refractivity contribution in [2.24, 2.45) is 0 Å². The summed E-state index contributed by atoms with van der Waals surface area (Å²) in [5.41, 5.74) is 0.215. The second kappa shape index (κ2) is 6.10. The molecule has 15 heavy (non-hydrogen) atoms. The molecule has 3 nitrogen and oxygen atoms in total. The highest BCUT2D eigenvalue weighted by atomic mass is 32.2. The lowest BCUT2D eigenvalue weighted by molar-refractivity contribution is 0.0696. The molecule has 0 saturated heterocycles. The van der Waals surface area contributed by atoms with E-state index in [0.717, 1.165) is 17.2 Å². The van der Waals surface area contributed by atoms with Crippen molar-refractivity contribution in [1.29, 1.82) is 0 Å². The summed E-state index contributed by atoms with van der Waals surface area (Å²) in [7, 11) is 0. The molecule has 78 valence electrons. The maximum Gasteiger partial charge on any atom is 0.337 e. The molecule has 4 heteroatoms. The quantitative estimate of drug-likeness (QED) is 0.481. The second-order valence-electron chi connectivity index (χ2n) is 2.72. The normalized spacial score (nSPS) is 9.13. The summed E-state index contributed by atoms with van der Waals surface area (Å²) in [5, 5.41) is 9.49. The standard InChI is InChI=1S/C11H11NO2S/c1-2-3-4-7-15-10-6-5-9(8-12-10)11(13)14/h5-6,8H,4,7H2,1H3,(H,13,14). The molecular formula is C11H11NO2S. The number of nitrogens with zero attached hydrogens (tertiary/aromatic N) is 1. The topological polar surface area (TPSA) is 50.2 Å². The zero-order chi connectivity index (χ0) is 11.1. The minimum Gasteiger partial charge on any atom is -0.478 e. The third kappa shape index (κ3) is 4.05. The lowest BCUT2D eigenvalue weighted by Crippen LogP contribution is -1.96. The van der Waals surface area contributed by atoms with Gasteiger partial charge in [-0.15, -0.1) is 23.6 Å². The van der Waals surface area contributed by atoms with E-state index in [1.807, 2.05) is 6.92 Å². The molecule has 0 amide bonds. The Morgan fingerprint density at radius 3 is 2.93 bits per heavy atom. The highest BCUT2D eigenvalue weighted by molar-refractivity contribution is 7.99. The molecule has 0 spiro atoms. The molecule has 0 radical (unpaired) electrons. The highest BCUT2D eigenvalue weighted by Crippen LogP contribution is 2.15. The summed E-state index contributed by atoms with van der Waals surface area (Å²) in [5.74, 6) is 5.70. The van der Waals surface area contributed by atoms with Gasteiger partial charge in [0.15, 0.2) is 0 Å². The van der Waals surface area contributed by atoms with Gasteiger partial charge in [-0.2, -0.15) is 0 Å². The van der Waals surface area contributed by atoms with E-state index in [2.05, 4.69) is 16.8 Å². The van der Waals surface area contributed by atoms with E-state index in [4.69, 9.17) is 5.11 Å². The molecule has 1 heterocycles. The second-order valence-corrected chi connectivity index (χ2v) is 3.83. The Balaban J connectivity index is 2.48. The van der Waals surface area contributed by atoms with Gasteiger partial charge in [0.05, 0.1) is 10.6 Å². The highest BCUT2D eigenvalue weighted by Gasteiger charge is 2.02. The van der Waals surface area contributed by atoms with E-state index in [1.165, 1.54) is 6.20 Å². The van der Waals surface area contributed by atoms with E-state index in [0.29, 0.717) is 0 Å². The van der Waals surface area contributed by atoms with Crippen LogP contribution >= 0.6 is 11.8 Å². The van der Waals surface area contributed by atoms with Crippen molar-refractivity contribution in [2.75, 3.05) is 5.75 Å². The molecule has 1 aromatic rings. The van der Waals surface area contributed by atoms with E-state index >= 15 is 0 Å². The van der Waals surface area contributed by atoms with E-state index in [1.54, 1.807) is 23.9 Å². The largest absolute Gasteiger partial charge is 0.478 e. The van der Waals surface area contributed by atoms with Crippen LogP contribution in [0.25, 0.3) is 0 Å². The summed E-state index contributed by atoms with van der Waals surface area (Å²) in [6.45, 7) is 1.81. The number of pyridine rings is 1. The summed E-state index contributed by atoms with van der Waals surface area (Å²) in [6, 6.07) is 3.27. The van der Waals surface area contributed by atoms with Gasteiger partial charge in [0.1, 0.15) is 0 Å². The molecule has 1 N–H and O–H groups in total. The molecule has 0 bridgehead atoms. The number of hydrogen-bond acceptors (Lipinski definition) is 3. The molecule has 0 aliphatic carbocycles. The number of thioether (sulfide) groups is 1. The zero-order valence-electron chi connectivity index (χ0n) is 8.36. The first kappa shape index (κ1) is 11.6. The van der Waals surface area contributed by atoms with E-state index in [-0.39, 0.29) is 5.56 Å². The lowest BCUT2D eigenvalue weighted by atomic mass is 10.3. The molecule has 0 aliphatic heterocycles. The number of aromatic nitrogens is 1. The van der Waals surface area contributed by atoms with Crippen LogP contribution in [0.2, 0.25) is 0 Å².